The van der Waals surface area contributed by atoms with Gasteiger partial charge in [-0.2, -0.15) is 10.2 Å². The zero-order valence-electron chi connectivity index (χ0n) is 10.0. The maximum Gasteiger partial charge on any atom is 0.276 e. The minimum absolute atomic E-state index is 0.145. The highest BCUT2D eigenvalue weighted by Crippen LogP contribution is 2.10. The molecule has 0 saturated carbocycles. The van der Waals surface area contributed by atoms with E-state index in [1.165, 1.54) is 12.1 Å². The molecule has 0 unspecified atom stereocenters. The smallest absolute Gasteiger partial charge is 0.276 e. The van der Waals surface area contributed by atoms with Gasteiger partial charge in [-0.3, -0.25) is 14.3 Å². The summed E-state index contributed by atoms with van der Waals surface area (Å²) in [6.07, 6.45) is 3.29. The Bertz CT molecular complexity index is 593. The molecule has 2 rings (SSSR count). The molecule has 2 aromatic rings. The Labute approximate surface area is 103 Å². The first-order valence-electron chi connectivity index (χ1n) is 5.47. The number of H-pyrrole nitrogens is 1. The standard InChI is InChI=1S/C11H13N5O2/c1-7(2)16-6-8(5-12-16)13-11(18)9-3-4-10(17)15-14-9/h3-7H,1-2H3,(H,13,18)(H,15,17). The molecule has 2 aromatic heterocycles. The predicted octanol–water partition coefficient (Wildman–Crippen LogP) is 0.800. The third-order valence-electron chi connectivity index (χ3n) is 2.30. The Balaban J connectivity index is 2.11. The van der Waals surface area contributed by atoms with Crippen molar-refractivity contribution in [2.75, 3.05) is 5.32 Å². The minimum atomic E-state index is -0.394. The molecular formula is C11H13N5O2. The summed E-state index contributed by atoms with van der Waals surface area (Å²) in [5.74, 6) is -0.394. The van der Waals surface area contributed by atoms with Gasteiger partial charge in [0.05, 0.1) is 11.9 Å². The monoisotopic (exact) mass is 247 g/mol. The van der Waals surface area contributed by atoms with Gasteiger partial charge in [0.25, 0.3) is 11.5 Å². The highest BCUT2D eigenvalue weighted by Gasteiger charge is 2.09. The first-order chi connectivity index (χ1) is 8.56. The second kappa shape index (κ2) is 4.82. The quantitative estimate of drug-likeness (QED) is 0.839. The van der Waals surface area contributed by atoms with Crippen LogP contribution in [-0.2, 0) is 0 Å². The summed E-state index contributed by atoms with van der Waals surface area (Å²) in [4.78, 5) is 22.6. The Hall–Kier alpha value is -2.44. The SMILES string of the molecule is CC(C)n1cc(NC(=O)c2ccc(=O)[nH]n2)cn1. The van der Waals surface area contributed by atoms with E-state index in [0.717, 1.165) is 0 Å². The van der Waals surface area contributed by atoms with Crippen molar-refractivity contribution in [1.29, 1.82) is 0 Å². The Morgan fingerprint density at radius 1 is 1.44 bits per heavy atom. The van der Waals surface area contributed by atoms with Crippen LogP contribution in [0.25, 0.3) is 0 Å². The van der Waals surface area contributed by atoms with Crippen molar-refractivity contribution in [3.05, 3.63) is 40.6 Å². The molecule has 0 aliphatic carbocycles. The van der Waals surface area contributed by atoms with Crippen molar-refractivity contribution >= 4 is 11.6 Å². The maximum atomic E-state index is 11.8. The molecule has 0 aliphatic rings. The van der Waals surface area contributed by atoms with Crippen LogP contribution in [0.4, 0.5) is 5.69 Å². The van der Waals surface area contributed by atoms with E-state index in [0.29, 0.717) is 5.69 Å². The molecule has 0 radical (unpaired) electrons. The normalized spacial score (nSPS) is 10.6. The summed E-state index contributed by atoms with van der Waals surface area (Å²) in [5.41, 5.74) is 0.382. The van der Waals surface area contributed by atoms with Crippen molar-refractivity contribution in [3.8, 4) is 0 Å². The number of aromatic amines is 1. The third-order valence-corrected chi connectivity index (χ3v) is 2.30. The van der Waals surface area contributed by atoms with Crippen molar-refractivity contribution in [2.45, 2.75) is 19.9 Å². The van der Waals surface area contributed by atoms with Gasteiger partial charge in [-0.25, -0.2) is 5.10 Å². The predicted molar refractivity (Wildman–Crippen MR) is 65.4 cm³/mol. The van der Waals surface area contributed by atoms with Crippen LogP contribution < -0.4 is 10.9 Å². The molecule has 0 atom stereocenters. The fourth-order valence-corrected chi connectivity index (χ4v) is 1.35. The number of aromatic nitrogens is 4. The number of amides is 1. The number of nitrogens with zero attached hydrogens (tertiary/aromatic N) is 3. The lowest BCUT2D eigenvalue weighted by Gasteiger charge is -2.03. The molecule has 1 amide bonds. The number of carbonyl (C=O) groups excluding carboxylic acids is 1. The topological polar surface area (TPSA) is 92.7 Å². The van der Waals surface area contributed by atoms with E-state index >= 15 is 0 Å². The maximum absolute atomic E-state index is 11.8. The lowest BCUT2D eigenvalue weighted by Crippen LogP contribution is -2.17. The van der Waals surface area contributed by atoms with Crippen LogP contribution >= 0.6 is 0 Å². The minimum Gasteiger partial charge on any atom is -0.318 e. The van der Waals surface area contributed by atoms with E-state index in [2.05, 4.69) is 20.6 Å². The van der Waals surface area contributed by atoms with E-state index in [1.807, 2.05) is 13.8 Å². The van der Waals surface area contributed by atoms with Crippen LogP contribution in [0.2, 0.25) is 0 Å². The van der Waals surface area contributed by atoms with Crippen LogP contribution in [0.1, 0.15) is 30.4 Å². The summed E-state index contributed by atoms with van der Waals surface area (Å²) in [7, 11) is 0. The van der Waals surface area contributed by atoms with Gasteiger partial charge >= 0.3 is 0 Å². The first kappa shape index (κ1) is 12.0. The lowest BCUT2D eigenvalue weighted by atomic mass is 10.3. The molecule has 7 nitrogen and oxygen atoms in total. The van der Waals surface area contributed by atoms with E-state index in [-0.39, 0.29) is 17.3 Å². The molecule has 0 saturated heterocycles. The van der Waals surface area contributed by atoms with E-state index < -0.39 is 5.91 Å². The number of hydrogen-bond donors (Lipinski definition) is 2. The molecule has 94 valence electrons. The Morgan fingerprint density at radius 3 is 2.78 bits per heavy atom. The van der Waals surface area contributed by atoms with Crippen molar-refractivity contribution in [3.63, 3.8) is 0 Å². The molecular weight excluding hydrogens is 234 g/mol. The second-order valence-electron chi connectivity index (χ2n) is 4.06. The van der Waals surface area contributed by atoms with E-state index in [1.54, 1.807) is 17.1 Å². The van der Waals surface area contributed by atoms with Gasteiger partial charge in [-0.1, -0.05) is 0 Å². The average molecular weight is 247 g/mol. The fraction of sp³-hybridized carbons (Fsp3) is 0.273. The average Bonchev–Trinajstić information content (AvgIpc) is 2.78. The summed E-state index contributed by atoms with van der Waals surface area (Å²) in [6.45, 7) is 3.98. The molecule has 0 aliphatic heterocycles. The second-order valence-corrected chi connectivity index (χ2v) is 4.06. The van der Waals surface area contributed by atoms with Crippen LogP contribution in [0.5, 0.6) is 0 Å². The third kappa shape index (κ3) is 2.62. The number of carbonyl (C=O) groups is 1. The lowest BCUT2D eigenvalue weighted by molar-refractivity contribution is 0.102. The molecule has 0 fully saturated rings. The first-order valence-corrected chi connectivity index (χ1v) is 5.47. The Morgan fingerprint density at radius 2 is 2.22 bits per heavy atom. The van der Waals surface area contributed by atoms with Gasteiger partial charge in [0.15, 0.2) is 0 Å². The van der Waals surface area contributed by atoms with Crippen LogP contribution in [0.15, 0.2) is 29.3 Å². The number of anilines is 1. The number of nitrogens with one attached hydrogen (secondary N) is 2. The molecule has 18 heavy (non-hydrogen) atoms. The largest absolute Gasteiger partial charge is 0.318 e. The van der Waals surface area contributed by atoms with Gasteiger partial charge in [0, 0.05) is 18.3 Å². The highest BCUT2D eigenvalue weighted by atomic mass is 16.2. The molecule has 2 heterocycles. The summed E-state index contributed by atoms with van der Waals surface area (Å²) in [5, 5.41) is 12.6. The van der Waals surface area contributed by atoms with Gasteiger partial charge < -0.3 is 5.32 Å². The molecule has 7 heteroatoms. The number of hydrogen-bond acceptors (Lipinski definition) is 4. The molecule has 0 spiro atoms. The van der Waals surface area contributed by atoms with Crippen molar-refractivity contribution in [1.82, 2.24) is 20.0 Å². The van der Waals surface area contributed by atoms with Gasteiger partial charge in [0.1, 0.15) is 5.69 Å². The van der Waals surface area contributed by atoms with Crippen molar-refractivity contribution < 1.29 is 4.79 Å². The highest BCUT2D eigenvalue weighted by molar-refractivity contribution is 6.02. The van der Waals surface area contributed by atoms with Gasteiger partial charge in [-0.15, -0.1) is 0 Å². The fourth-order valence-electron chi connectivity index (χ4n) is 1.35. The van der Waals surface area contributed by atoms with Crippen LogP contribution in [0, 0.1) is 0 Å². The summed E-state index contributed by atoms with van der Waals surface area (Å²) < 4.78 is 1.73. The van der Waals surface area contributed by atoms with Gasteiger partial charge in [0.2, 0.25) is 0 Å². The summed E-state index contributed by atoms with van der Waals surface area (Å²) in [6, 6.07) is 2.84. The molecule has 2 N–H and O–H groups in total. The van der Waals surface area contributed by atoms with Crippen molar-refractivity contribution in [2.24, 2.45) is 0 Å². The summed E-state index contributed by atoms with van der Waals surface area (Å²) >= 11 is 0. The van der Waals surface area contributed by atoms with Crippen LogP contribution in [-0.4, -0.2) is 25.9 Å². The number of rotatable bonds is 3. The zero-order chi connectivity index (χ0) is 13.1. The Kier molecular flexibility index (Phi) is 3.22. The molecule has 0 bridgehead atoms. The van der Waals surface area contributed by atoms with E-state index in [9.17, 15) is 9.59 Å². The van der Waals surface area contributed by atoms with Gasteiger partial charge in [-0.05, 0) is 19.9 Å². The van der Waals surface area contributed by atoms with E-state index in [4.69, 9.17) is 0 Å². The molecule has 0 aromatic carbocycles. The van der Waals surface area contributed by atoms with Crippen LogP contribution in [0.3, 0.4) is 0 Å². The zero-order valence-corrected chi connectivity index (χ0v) is 10.0.